The van der Waals surface area contributed by atoms with Gasteiger partial charge in [0, 0.05) is 24.8 Å². The lowest BCUT2D eigenvalue weighted by molar-refractivity contribution is 0.0978. The number of anilines is 1. The summed E-state index contributed by atoms with van der Waals surface area (Å²) < 4.78 is 3.02. The number of hydrogen-bond acceptors (Lipinski definition) is 5. The van der Waals surface area contributed by atoms with Crippen molar-refractivity contribution >= 4 is 45.0 Å². The van der Waals surface area contributed by atoms with E-state index in [1.165, 1.54) is 5.56 Å². The zero-order valence-corrected chi connectivity index (χ0v) is 21.0. The molecule has 2 heterocycles. The van der Waals surface area contributed by atoms with Crippen LogP contribution in [0.1, 0.15) is 62.4 Å². The largest absolute Gasteiger partial charge is 0.302 e. The summed E-state index contributed by atoms with van der Waals surface area (Å²) in [6.45, 7) is 15.9. The summed E-state index contributed by atoms with van der Waals surface area (Å²) in [4.78, 5) is 22.4. The maximum Gasteiger partial charge on any atom is 0.280 e. The molecule has 31 heavy (non-hydrogen) atoms. The molecule has 6 nitrogen and oxygen atoms in total. The first-order chi connectivity index (χ1) is 14.4. The van der Waals surface area contributed by atoms with Crippen LogP contribution in [0, 0.1) is 6.92 Å². The number of amides is 1. The molecule has 2 aromatic heterocycles. The van der Waals surface area contributed by atoms with Crippen LogP contribution >= 0.6 is 23.7 Å². The fourth-order valence-electron chi connectivity index (χ4n) is 3.61. The van der Waals surface area contributed by atoms with Crippen molar-refractivity contribution in [3.8, 4) is 0 Å². The van der Waals surface area contributed by atoms with Crippen molar-refractivity contribution in [1.82, 2.24) is 19.7 Å². The number of likely N-dealkylation sites (N-methyl/N-ethyl adjacent to an activating group) is 1. The number of carbonyl (C=O) groups excluding carboxylic acids is 1. The average molecular weight is 464 g/mol. The highest BCUT2D eigenvalue weighted by Crippen LogP contribution is 2.30. The summed E-state index contributed by atoms with van der Waals surface area (Å²) in [7, 11) is 0. The van der Waals surface area contributed by atoms with Gasteiger partial charge in [-0.3, -0.25) is 14.4 Å². The lowest BCUT2D eigenvalue weighted by Crippen LogP contribution is -2.39. The minimum absolute atomic E-state index is 0. The molecular formula is C23H34ClN5OS. The lowest BCUT2D eigenvalue weighted by Gasteiger charge is -2.24. The standard InChI is InChI=1S/C23H33N5OS.ClH/c1-7-18-10-11-19-21(15-18)30-23(24-19)27(13-12-26(8-2)9-3)22(29)20-14-17(6)28(25-20)16(4)5;/h10-11,14-16H,7-9,12-13H2,1-6H3;1H. The van der Waals surface area contributed by atoms with Gasteiger partial charge >= 0.3 is 0 Å². The summed E-state index contributed by atoms with van der Waals surface area (Å²) in [5.41, 5.74) is 3.70. The Balaban J connectivity index is 0.00000341. The van der Waals surface area contributed by atoms with E-state index in [-0.39, 0.29) is 24.4 Å². The predicted octanol–water partition coefficient (Wildman–Crippen LogP) is 5.35. The molecule has 0 aliphatic carbocycles. The SMILES string of the molecule is CCc1ccc2nc(N(CCN(CC)CC)C(=O)c3cc(C)n(C(C)C)n3)sc2c1.Cl. The van der Waals surface area contributed by atoms with Gasteiger partial charge in [-0.15, -0.1) is 12.4 Å². The zero-order valence-electron chi connectivity index (χ0n) is 19.4. The molecular weight excluding hydrogens is 430 g/mol. The van der Waals surface area contributed by atoms with Crippen LogP contribution in [0.4, 0.5) is 5.13 Å². The van der Waals surface area contributed by atoms with Gasteiger partial charge in [-0.1, -0.05) is 38.2 Å². The monoisotopic (exact) mass is 463 g/mol. The van der Waals surface area contributed by atoms with E-state index < -0.39 is 0 Å². The summed E-state index contributed by atoms with van der Waals surface area (Å²) in [6, 6.07) is 8.45. The quantitative estimate of drug-likeness (QED) is 0.429. The Hall–Kier alpha value is -1.96. The topological polar surface area (TPSA) is 54.3 Å². The van der Waals surface area contributed by atoms with E-state index in [2.05, 4.69) is 62.8 Å². The number of carbonyl (C=O) groups is 1. The van der Waals surface area contributed by atoms with Crippen molar-refractivity contribution in [1.29, 1.82) is 0 Å². The summed E-state index contributed by atoms with van der Waals surface area (Å²) in [5, 5.41) is 5.34. The van der Waals surface area contributed by atoms with Crippen LogP contribution in [-0.4, -0.2) is 51.8 Å². The van der Waals surface area contributed by atoms with Crippen LogP contribution in [-0.2, 0) is 6.42 Å². The van der Waals surface area contributed by atoms with E-state index in [9.17, 15) is 4.79 Å². The first-order valence-corrected chi connectivity index (χ1v) is 11.7. The highest BCUT2D eigenvalue weighted by Gasteiger charge is 2.25. The molecule has 0 N–H and O–H groups in total. The van der Waals surface area contributed by atoms with Crippen LogP contribution < -0.4 is 4.90 Å². The van der Waals surface area contributed by atoms with E-state index in [1.807, 2.05) is 17.7 Å². The second kappa shape index (κ2) is 11.1. The number of nitrogens with zero attached hydrogens (tertiary/aromatic N) is 5. The molecule has 1 aromatic carbocycles. The molecule has 0 aliphatic heterocycles. The number of aromatic nitrogens is 3. The van der Waals surface area contributed by atoms with Gasteiger partial charge in [0.05, 0.1) is 10.2 Å². The van der Waals surface area contributed by atoms with E-state index in [0.29, 0.717) is 12.2 Å². The normalized spacial score (nSPS) is 11.4. The van der Waals surface area contributed by atoms with Crippen LogP contribution in [0.5, 0.6) is 0 Å². The molecule has 3 rings (SSSR count). The van der Waals surface area contributed by atoms with Crippen LogP contribution in [0.25, 0.3) is 10.2 Å². The fourth-order valence-corrected chi connectivity index (χ4v) is 4.66. The van der Waals surface area contributed by atoms with E-state index >= 15 is 0 Å². The van der Waals surface area contributed by atoms with Gasteiger partial charge in [0.25, 0.3) is 5.91 Å². The minimum atomic E-state index is -0.0839. The third-order valence-electron chi connectivity index (χ3n) is 5.49. The molecule has 0 spiro atoms. The minimum Gasteiger partial charge on any atom is -0.302 e. The van der Waals surface area contributed by atoms with Gasteiger partial charge < -0.3 is 4.90 Å². The number of fused-ring (bicyclic) bond motifs is 1. The van der Waals surface area contributed by atoms with Crippen molar-refractivity contribution < 1.29 is 4.79 Å². The maximum absolute atomic E-state index is 13.5. The average Bonchev–Trinajstić information content (AvgIpc) is 3.33. The smallest absolute Gasteiger partial charge is 0.280 e. The molecule has 0 atom stereocenters. The lowest BCUT2D eigenvalue weighted by atomic mass is 10.2. The number of aryl methyl sites for hydroxylation is 2. The molecule has 170 valence electrons. The summed E-state index contributed by atoms with van der Waals surface area (Å²) in [5.74, 6) is -0.0839. The Kier molecular flexibility index (Phi) is 9.03. The third-order valence-corrected chi connectivity index (χ3v) is 6.53. The van der Waals surface area contributed by atoms with Gasteiger partial charge in [-0.25, -0.2) is 4.98 Å². The zero-order chi connectivity index (χ0) is 21.8. The maximum atomic E-state index is 13.5. The number of halogens is 1. The van der Waals surface area contributed by atoms with E-state index in [0.717, 1.165) is 47.1 Å². The molecule has 3 aromatic rings. The summed E-state index contributed by atoms with van der Waals surface area (Å²) >= 11 is 1.58. The first-order valence-electron chi connectivity index (χ1n) is 10.9. The first kappa shape index (κ1) is 25.3. The van der Waals surface area contributed by atoms with Gasteiger partial charge in [-0.05, 0) is 64.0 Å². The molecule has 0 aliphatic rings. The van der Waals surface area contributed by atoms with E-state index in [4.69, 9.17) is 4.98 Å². The second-order valence-electron chi connectivity index (χ2n) is 7.85. The Morgan fingerprint density at radius 3 is 2.42 bits per heavy atom. The van der Waals surface area contributed by atoms with Crippen molar-refractivity contribution in [2.45, 2.75) is 54.0 Å². The molecule has 0 saturated carbocycles. The molecule has 1 amide bonds. The third kappa shape index (κ3) is 5.64. The Bertz CT molecular complexity index is 1010. The van der Waals surface area contributed by atoms with Crippen molar-refractivity contribution in [2.75, 3.05) is 31.1 Å². The highest BCUT2D eigenvalue weighted by atomic mass is 35.5. The highest BCUT2D eigenvalue weighted by molar-refractivity contribution is 7.22. The second-order valence-corrected chi connectivity index (χ2v) is 8.85. The Morgan fingerprint density at radius 1 is 1.13 bits per heavy atom. The Labute approximate surface area is 195 Å². The van der Waals surface area contributed by atoms with Crippen molar-refractivity contribution in [3.05, 3.63) is 41.2 Å². The van der Waals surface area contributed by atoms with Gasteiger partial charge in [0.2, 0.25) is 0 Å². The molecule has 0 radical (unpaired) electrons. The molecule has 0 saturated heterocycles. The molecule has 8 heteroatoms. The predicted molar refractivity (Wildman–Crippen MR) is 133 cm³/mol. The molecule has 0 fully saturated rings. The fraction of sp³-hybridized carbons (Fsp3) is 0.522. The number of benzene rings is 1. The Morgan fingerprint density at radius 2 is 1.84 bits per heavy atom. The van der Waals surface area contributed by atoms with Crippen molar-refractivity contribution in [2.24, 2.45) is 0 Å². The van der Waals surface area contributed by atoms with Gasteiger partial charge in [-0.2, -0.15) is 5.10 Å². The van der Waals surface area contributed by atoms with Crippen molar-refractivity contribution in [3.63, 3.8) is 0 Å². The number of rotatable bonds is 9. The van der Waals surface area contributed by atoms with Gasteiger partial charge in [0.15, 0.2) is 10.8 Å². The molecule has 0 bridgehead atoms. The van der Waals surface area contributed by atoms with Crippen LogP contribution in [0.15, 0.2) is 24.3 Å². The number of thiazole rings is 1. The van der Waals surface area contributed by atoms with Crippen LogP contribution in [0.3, 0.4) is 0 Å². The summed E-state index contributed by atoms with van der Waals surface area (Å²) in [6.07, 6.45) is 0.986. The van der Waals surface area contributed by atoms with Crippen LogP contribution in [0.2, 0.25) is 0 Å². The number of hydrogen-bond donors (Lipinski definition) is 0. The van der Waals surface area contributed by atoms with E-state index in [1.54, 1.807) is 16.2 Å². The van der Waals surface area contributed by atoms with Gasteiger partial charge in [0.1, 0.15) is 0 Å². The molecule has 0 unspecified atom stereocenters.